The van der Waals surface area contributed by atoms with E-state index in [0.29, 0.717) is 42.4 Å². The normalized spacial score (nSPS) is 18.7. The van der Waals surface area contributed by atoms with Gasteiger partial charge < -0.3 is 19.7 Å². The van der Waals surface area contributed by atoms with Gasteiger partial charge in [-0.15, -0.1) is 5.10 Å². The van der Waals surface area contributed by atoms with Gasteiger partial charge in [-0.05, 0) is 44.0 Å². The standard InChI is InChI=1S/C24H26F3N5O2/c1-14-18(5-4-6-20(14)24(25,26)27)15(2)29-22-19-11-17(12-28-21(19)16(3)30-31-22)32-8-7-23(13-32)33-9-10-34-23/h4-6,11-12,15H,7-10,13H2,1-3H3,(H,29,31)/t15-/m1/s1. The molecule has 1 atom stereocenters. The molecule has 0 saturated carbocycles. The van der Waals surface area contributed by atoms with Gasteiger partial charge in [0.15, 0.2) is 11.6 Å². The summed E-state index contributed by atoms with van der Waals surface area (Å²) < 4.78 is 51.9. The summed E-state index contributed by atoms with van der Waals surface area (Å²) in [6.45, 7) is 7.71. The number of nitrogens with one attached hydrogen (secondary N) is 1. The first kappa shape index (κ1) is 22.8. The third-order valence-corrected chi connectivity index (χ3v) is 6.65. The number of benzene rings is 1. The summed E-state index contributed by atoms with van der Waals surface area (Å²) in [4.78, 5) is 6.79. The van der Waals surface area contributed by atoms with Crippen molar-refractivity contribution in [2.75, 3.05) is 36.5 Å². The van der Waals surface area contributed by atoms with Crippen molar-refractivity contribution in [1.82, 2.24) is 15.2 Å². The number of ether oxygens (including phenoxy) is 2. The van der Waals surface area contributed by atoms with Crippen molar-refractivity contribution in [1.29, 1.82) is 0 Å². The van der Waals surface area contributed by atoms with E-state index in [1.165, 1.54) is 13.0 Å². The van der Waals surface area contributed by atoms with Crippen LogP contribution < -0.4 is 10.2 Å². The Morgan fingerprint density at radius 3 is 2.65 bits per heavy atom. The van der Waals surface area contributed by atoms with Crippen molar-refractivity contribution < 1.29 is 22.6 Å². The van der Waals surface area contributed by atoms with Crippen LogP contribution in [0.3, 0.4) is 0 Å². The maximum atomic E-state index is 13.4. The van der Waals surface area contributed by atoms with E-state index in [2.05, 4.69) is 25.4 Å². The second-order valence-electron chi connectivity index (χ2n) is 8.89. The molecule has 0 bridgehead atoms. The lowest BCUT2D eigenvalue weighted by Gasteiger charge is -2.24. The molecule has 2 fully saturated rings. The van der Waals surface area contributed by atoms with Gasteiger partial charge in [0.1, 0.15) is 0 Å². The first-order chi connectivity index (χ1) is 16.2. The summed E-state index contributed by atoms with van der Waals surface area (Å²) in [7, 11) is 0. The average Bonchev–Trinajstić information content (AvgIpc) is 3.44. The van der Waals surface area contributed by atoms with Gasteiger partial charge in [0.25, 0.3) is 0 Å². The van der Waals surface area contributed by atoms with Crippen LogP contribution in [-0.2, 0) is 15.7 Å². The van der Waals surface area contributed by atoms with Gasteiger partial charge >= 0.3 is 6.18 Å². The molecular weight excluding hydrogens is 447 g/mol. The second kappa shape index (κ2) is 8.35. The van der Waals surface area contributed by atoms with E-state index in [1.54, 1.807) is 12.3 Å². The van der Waals surface area contributed by atoms with Crippen LogP contribution in [0, 0.1) is 13.8 Å². The number of nitrogens with zero attached hydrogens (tertiary/aromatic N) is 4. The predicted octanol–water partition coefficient (Wildman–Crippen LogP) is 4.79. The fourth-order valence-corrected chi connectivity index (χ4v) is 4.85. The highest BCUT2D eigenvalue weighted by molar-refractivity contribution is 5.92. The Morgan fingerprint density at radius 1 is 1.15 bits per heavy atom. The second-order valence-corrected chi connectivity index (χ2v) is 8.89. The molecule has 0 aliphatic carbocycles. The van der Waals surface area contributed by atoms with Gasteiger partial charge in [0.05, 0.1) is 54.5 Å². The van der Waals surface area contributed by atoms with Crippen molar-refractivity contribution in [2.24, 2.45) is 0 Å². The molecule has 1 aromatic carbocycles. The highest BCUT2D eigenvalue weighted by Crippen LogP contribution is 2.37. The largest absolute Gasteiger partial charge is 0.416 e. The minimum atomic E-state index is -4.41. The summed E-state index contributed by atoms with van der Waals surface area (Å²) in [5.41, 5.74) is 2.37. The number of alkyl halides is 3. The lowest BCUT2D eigenvalue weighted by atomic mass is 9.97. The van der Waals surface area contributed by atoms with Gasteiger partial charge in [-0.1, -0.05) is 12.1 Å². The molecule has 0 amide bonds. The third kappa shape index (κ3) is 4.05. The molecule has 1 spiro atoms. The smallest absolute Gasteiger partial charge is 0.365 e. The lowest BCUT2D eigenvalue weighted by Crippen LogP contribution is -2.34. The molecule has 180 valence electrons. The number of rotatable bonds is 4. The van der Waals surface area contributed by atoms with E-state index < -0.39 is 23.6 Å². The number of aromatic nitrogens is 3. The quantitative estimate of drug-likeness (QED) is 0.584. The number of aryl methyl sites for hydroxylation is 1. The van der Waals surface area contributed by atoms with Gasteiger partial charge in [0, 0.05) is 18.4 Å². The number of halogens is 3. The fourth-order valence-electron chi connectivity index (χ4n) is 4.85. The highest BCUT2D eigenvalue weighted by Gasteiger charge is 2.43. The first-order valence-corrected chi connectivity index (χ1v) is 11.3. The van der Waals surface area contributed by atoms with Gasteiger partial charge in [-0.25, -0.2) is 0 Å². The van der Waals surface area contributed by atoms with Crippen LogP contribution in [0.15, 0.2) is 30.5 Å². The molecule has 1 N–H and O–H groups in total. The van der Waals surface area contributed by atoms with Crippen molar-refractivity contribution in [3.05, 3.63) is 52.8 Å². The summed E-state index contributed by atoms with van der Waals surface area (Å²) in [6.07, 6.45) is -1.83. The van der Waals surface area contributed by atoms with Gasteiger partial charge in [0.2, 0.25) is 0 Å². The molecular formula is C24H26F3N5O2. The molecule has 10 heteroatoms. The Hall–Kier alpha value is -2.98. The summed E-state index contributed by atoms with van der Waals surface area (Å²) in [6, 6.07) is 5.79. The molecule has 2 aliphatic heterocycles. The van der Waals surface area contributed by atoms with Crippen LogP contribution in [0.5, 0.6) is 0 Å². The Labute approximate surface area is 195 Å². The summed E-state index contributed by atoms with van der Waals surface area (Å²) >= 11 is 0. The highest BCUT2D eigenvalue weighted by atomic mass is 19.4. The minimum absolute atomic E-state index is 0.192. The van der Waals surface area contributed by atoms with Gasteiger partial charge in [-0.2, -0.15) is 18.3 Å². The Bertz CT molecular complexity index is 1230. The molecule has 0 unspecified atom stereocenters. The first-order valence-electron chi connectivity index (χ1n) is 11.3. The van der Waals surface area contributed by atoms with Crippen molar-refractivity contribution in [3.63, 3.8) is 0 Å². The Balaban J connectivity index is 1.47. The van der Waals surface area contributed by atoms with Crippen LogP contribution in [0.2, 0.25) is 0 Å². The van der Waals surface area contributed by atoms with Crippen LogP contribution >= 0.6 is 0 Å². The maximum Gasteiger partial charge on any atom is 0.416 e. The predicted molar refractivity (Wildman–Crippen MR) is 122 cm³/mol. The fraction of sp³-hybridized carbons (Fsp3) is 0.458. The monoisotopic (exact) mass is 473 g/mol. The number of anilines is 2. The third-order valence-electron chi connectivity index (χ3n) is 6.65. The Morgan fingerprint density at radius 2 is 1.91 bits per heavy atom. The van der Waals surface area contributed by atoms with E-state index in [1.807, 2.05) is 19.9 Å². The van der Waals surface area contributed by atoms with Crippen molar-refractivity contribution >= 4 is 22.4 Å². The van der Waals surface area contributed by atoms with E-state index in [-0.39, 0.29) is 5.56 Å². The molecule has 3 aromatic rings. The molecule has 5 rings (SSSR count). The van der Waals surface area contributed by atoms with E-state index in [9.17, 15) is 13.2 Å². The molecule has 2 saturated heterocycles. The molecule has 0 radical (unpaired) electrons. The van der Waals surface area contributed by atoms with Gasteiger partial charge in [-0.3, -0.25) is 4.98 Å². The lowest BCUT2D eigenvalue weighted by molar-refractivity contribution is -0.138. The molecule has 4 heterocycles. The molecule has 2 aromatic heterocycles. The molecule has 7 nitrogen and oxygen atoms in total. The molecule has 2 aliphatic rings. The van der Waals surface area contributed by atoms with Crippen LogP contribution in [0.25, 0.3) is 10.9 Å². The average molecular weight is 473 g/mol. The van der Waals surface area contributed by atoms with Crippen LogP contribution in [-0.4, -0.2) is 47.3 Å². The Kier molecular flexibility index (Phi) is 5.60. The number of hydrogen-bond acceptors (Lipinski definition) is 7. The van der Waals surface area contributed by atoms with Crippen LogP contribution in [0.1, 0.15) is 41.8 Å². The zero-order chi connectivity index (χ0) is 24.1. The van der Waals surface area contributed by atoms with E-state index in [0.717, 1.165) is 30.1 Å². The SMILES string of the molecule is Cc1c([C@@H](C)Nc2nnc(C)c3ncc(N4CCC5(C4)OCCO5)cc23)cccc1C(F)(F)F. The minimum Gasteiger partial charge on any atom is -0.365 e. The maximum absolute atomic E-state index is 13.4. The van der Waals surface area contributed by atoms with Crippen LogP contribution in [0.4, 0.5) is 24.7 Å². The topological polar surface area (TPSA) is 72.4 Å². The number of fused-ring (bicyclic) bond motifs is 1. The molecule has 34 heavy (non-hydrogen) atoms. The van der Waals surface area contributed by atoms with Crippen molar-refractivity contribution in [3.8, 4) is 0 Å². The van der Waals surface area contributed by atoms with Crippen molar-refractivity contribution in [2.45, 2.75) is 45.2 Å². The number of pyridine rings is 1. The van der Waals surface area contributed by atoms with E-state index >= 15 is 0 Å². The summed E-state index contributed by atoms with van der Waals surface area (Å²) in [5, 5.41) is 12.6. The van der Waals surface area contributed by atoms with E-state index in [4.69, 9.17) is 9.47 Å². The zero-order valence-corrected chi connectivity index (χ0v) is 19.2. The summed E-state index contributed by atoms with van der Waals surface area (Å²) in [5.74, 6) is -0.0839. The zero-order valence-electron chi connectivity index (χ0n) is 19.2. The number of hydrogen-bond donors (Lipinski definition) is 1.